The van der Waals surface area contributed by atoms with Crippen molar-refractivity contribution < 1.29 is 4.42 Å². The zero-order chi connectivity index (χ0) is 36.6. The summed E-state index contributed by atoms with van der Waals surface area (Å²) < 4.78 is 9.28. The Bertz CT molecular complexity index is 3090. The molecule has 1 N–H and O–H groups in total. The Balaban J connectivity index is 1.27. The van der Waals surface area contributed by atoms with Crippen molar-refractivity contribution >= 4 is 90.4 Å². The van der Waals surface area contributed by atoms with Crippen LogP contribution in [0.15, 0.2) is 174 Å². The van der Waals surface area contributed by atoms with Crippen molar-refractivity contribution in [1.82, 2.24) is 4.57 Å². The normalized spacial score (nSPS) is 12.0. The highest BCUT2D eigenvalue weighted by molar-refractivity contribution is 6.73. The Hall–Kier alpha value is -6.98. The van der Waals surface area contributed by atoms with E-state index in [2.05, 4.69) is 200 Å². The number of fused-ring (bicyclic) bond motifs is 8. The summed E-state index contributed by atoms with van der Waals surface area (Å²) in [5.74, 6) is 0. The van der Waals surface area contributed by atoms with Crippen molar-refractivity contribution in [3.63, 3.8) is 0 Å². The van der Waals surface area contributed by atoms with Crippen molar-refractivity contribution in [3.05, 3.63) is 181 Å². The molecule has 0 unspecified atom stereocenters. The summed E-state index contributed by atoms with van der Waals surface area (Å²) >= 11 is 0. The molecule has 0 aliphatic carbocycles. The molecular formula is C50H35BN3O. The second kappa shape index (κ2) is 12.3. The second-order valence-corrected chi connectivity index (χ2v) is 14.6. The molecule has 8 aromatic carbocycles. The van der Waals surface area contributed by atoms with Crippen LogP contribution in [0.3, 0.4) is 0 Å². The van der Waals surface area contributed by atoms with Gasteiger partial charge in [-0.25, -0.2) is 0 Å². The molecule has 0 atom stereocenters. The van der Waals surface area contributed by atoms with Gasteiger partial charge in [0, 0.05) is 61.1 Å². The number of benzene rings is 8. The van der Waals surface area contributed by atoms with E-state index in [0.717, 1.165) is 72.7 Å². The van der Waals surface area contributed by atoms with Crippen molar-refractivity contribution in [3.8, 4) is 16.8 Å². The maximum absolute atomic E-state index is 6.80. The number of aromatic nitrogens is 1. The van der Waals surface area contributed by atoms with Gasteiger partial charge in [0.2, 0.25) is 0 Å². The van der Waals surface area contributed by atoms with Crippen LogP contribution in [0.5, 0.6) is 0 Å². The molecule has 259 valence electrons. The molecule has 11 rings (SSSR count). The first kappa shape index (κ1) is 31.5. The van der Waals surface area contributed by atoms with Gasteiger partial charge in [0.15, 0.2) is 12.9 Å². The van der Waals surface area contributed by atoms with Crippen molar-refractivity contribution in [2.75, 3.05) is 10.2 Å². The molecular weight excluding hydrogens is 669 g/mol. The smallest absolute Gasteiger partial charge is 0.197 e. The maximum atomic E-state index is 6.80. The van der Waals surface area contributed by atoms with Crippen molar-refractivity contribution in [2.45, 2.75) is 13.8 Å². The summed E-state index contributed by atoms with van der Waals surface area (Å²) in [4.78, 5) is 2.37. The minimum Gasteiger partial charge on any atom is -0.454 e. The van der Waals surface area contributed by atoms with Gasteiger partial charge < -0.3 is 19.2 Å². The summed E-state index contributed by atoms with van der Waals surface area (Å²) in [6.45, 7) is 4.31. The lowest BCUT2D eigenvalue weighted by Crippen LogP contribution is -2.37. The number of hydrogen-bond donors (Lipinski definition) is 1. The topological polar surface area (TPSA) is 33.3 Å². The van der Waals surface area contributed by atoms with E-state index >= 15 is 0 Å². The van der Waals surface area contributed by atoms with Gasteiger partial charge in [0.1, 0.15) is 5.58 Å². The van der Waals surface area contributed by atoms with Crippen LogP contribution in [0.1, 0.15) is 11.1 Å². The van der Waals surface area contributed by atoms with Crippen LogP contribution in [0, 0.1) is 13.8 Å². The molecule has 2 aromatic heterocycles. The minimum atomic E-state index is 0.839. The van der Waals surface area contributed by atoms with Crippen molar-refractivity contribution in [1.29, 1.82) is 0 Å². The largest absolute Gasteiger partial charge is 0.454 e. The van der Waals surface area contributed by atoms with Gasteiger partial charge in [0.25, 0.3) is 0 Å². The van der Waals surface area contributed by atoms with Gasteiger partial charge in [-0.3, -0.25) is 0 Å². The van der Waals surface area contributed by atoms with Crippen LogP contribution in [-0.2, 0) is 0 Å². The van der Waals surface area contributed by atoms with Gasteiger partial charge in [-0.2, -0.15) is 0 Å². The molecule has 4 nitrogen and oxygen atoms in total. The first-order valence-corrected chi connectivity index (χ1v) is 18.9. The molecule has 0 amide bonds. The highest BCUT2D eigenvalue weighted by Crippen LogP contribution is 2.45. The Labute approximate surface area is 320 Å². The maximum Gasteiger partial charge on any atom is 0.197 e. The molecule has 0 bridgehead atoms. The number of anilines is 5. The number of nitrogens with zero attached hydrogens (tertiary/aromatic N) is 2. The molecule has 3 heterocycles. The molecule has 1 aliphatic heterocycles. The first-order chi connectivity index (χ1) is 27.1. The third kappa shape index (κ3) is 4.93. The monoisotopic (exact) mass is 704 g/mol. The van der Waals surface area contributed by atoms with Crippen LogP contribution in [0.25, 0.3) is 60.6 Å². The number of nitrogens with one attached hydrogen (secondary N) is 1. The third-order valence-electron chi connectivity index (χ3n) is 11.2. The van der Waals surface area contributed by atoms with Crippen LogP contribution in [-0.4, -0.2) is 11.8 Å². The van der Waals surface area contributed by atoms with Gasteiger partial charge in [-0.15, -0.1) is 0 Å². The number of aryl methyl sites for hydroxylation is 2. The minimum absolute atomic E-state index is 0.839. The molecule has 5 heteroatoms. The van der Waals surface area contributed by atoms with Gasteiger partial charge >= 0.3 is 0 Å². The van der Waals surface area contributed by atoms with E-state index in [1.165, 1.54) is 38.4 Å². The molecule has 55 heavy (non-hydrogen) atoms. The van der Waals surface area contributed by atoms with Crippen molar-refractivity contribution in [2.24, 2.45) is 0 Å². The lowest BCUT2D eigenvalue weighted by atomic mass is 9.59. The highest BCUT2D eigenvalue weighted by Gasteiger charge is 2.29. The predicted molar refractivity (Wildman–Crippen MR) is 232 cm³/mol. The fourth-order valence-corrected chi connectivity index (χ4v) is 8.71. The second-order valence-electron chi connectivity index (χ2n) is 14.6. The third-order valence-corrected chi connectivity index (χ3v) is 11.2. The van der Waals surface area contributed by atoms with Gasteiger partial charge in [-0.05, 0) is 91.1 Å². The van der Waals surface area contributed by atoms with Crippen LogP contribution in [0.4, 0.5) is 28.4 Å². The number of hydrogen-bond acceptors (Lipinski definition) is 3. The SMILES string of the molecule is Cc1ccc(Nc2c(-c3cc(N(c4ccccc4)c4ccccc4)cc4c3[B]c3cccc5c6ccccc6n-4c35)ccc3c2oc2ccccc23)c(C)c1. The molecule has 1 aliphatic rings. The van der Waals surface area contributed by atoms with Crippen LogP contribution in [0.2, 0.25) is 0 Å². The van der Waals surface area contributed by atoms with E-state index in [1.54, 1.807) is 0 Å². The van der Waals surface area contributed by atoms with Gasteiger partial charge in [-0.1, -0.05) is 120 Å². The zero-order valence-corrected chi connectivity index (χ0v) is 30.5. The zero-order valence-electron chi connectivity index (χ0n) is 30.5. The molecule has 1 radical (unpaired) electrons. The molecule has 0 saturated carbocycles. The first-order valence-electron chi connectivity index (χ1n) is 18.9. The summed E-state index contributed by atoms with van der Waals surface area (Å²) in [5.41, 5.74) is 17.4. The lowest BCUT2D eigenvalue weighted by molar-refractivity contribution is 0.670. The van der Waals surface area contributed by atoms with E-state index < -0.39 is 0 Å². The Morgan fingerprint density at radius 1 is 0.564 bits per heavy atom. The number of para-hydroxylation sites is 5. The standard InChI is InChI=1S/C50H35BN3O/c1-31-24-27-43(32(2)28-31)52-48-38(25-26-40-37-19-10-12-23-46(37)55-50(40)48)41-29-35(53(33-14-5-3-6-15-33)34-16-7-4-8-17-34)30-45-47(41)51-42-21-13-20-39-36-18-9-11-22-44(36)54(45)49(39)42/h3-30,52H,1-2H3. The van der Waals surface area contributed by atoms with E-state index in [4.69, 9.17) is 4.42 Å². The van der Waals surface area contributed by atoms with Crippen LogP contribution < -0.4 is 21.1 Å². The average Bonchev–Trinajstić information content (AvgIpc) is 3.77. The fraction of sp³-hybridized carbons (Fsp3) is 0.0400. The van der Waals surface area contributed by atoms with E-state index in [9.17, 15) is 0 Å². The Kier molecular flexibility index (Phi) is 7.05. The number of rotatable bonds is 6. The Morgan fingerprint density at radius 2 is 1.27 bits per heavy atom. The predicted octanol–water partition coefficient (Wildman–Crippen LogP) is 12.1. The van der Waals surface area contributed by atoms with E-state index in [-0.39, 0.29) is 0 Å². The fourth-order valence-electron chi connectivity index (χ4n) is 8.71. The molecule has 0 saturated heterocycles. The summed E-state index contributed by atoms with van der Waals surface area (Å²) in [5, 5.41) is 8.61. The summed E-state index contributed by atoms with van der Waals surface area (Å²) in [6.07, 6.45) is 0. The average molecular weight is 705 g/mol. The highest BCUT2D eigenvalue weighted by atomic mass is 16.3. The Morgan fingerprint density at radius 3 is 2.05 bits per heavy atom. The lowest BCUT2D eigenvalue weighted by Gasteiger charge is -2.30. The molecule has 0 spiro atoms. The van der Waals surface area contributed by atoms with E-state index in [1.807, 2.05) is 6.07 Å². The van der Waals surface area contributed by atoms with Crippen LogP contribution >= 0.6 is 0 Å². The summed E-state index contributed by atoms with van der Waals surface area (Å²) in [7, 11) is 2.38. The molecule has 10 aromatic rings. The number of furan rings is 1. The van der Waals surface area contributed by atoms with E-state index in [0.29, 0.717) is 0 Å². The quantitative estimate of drug-likeness (QED) is 0.175. The molecule has 0 fully saturated rings. The van der Waals surface area contributed by atoms with Gasteiger partial charge in [0.05, 0.1) is 11.2 Å². The summed E-state index contributed by atoms with van der Waals surface area (Å²) in [6, 6.07) is 61.0.